The molecular formula is C16H12F2N2O5. The van der Waals surface area contributed by atoms with Crippen molar-refractivity contribution in [2.24, 2.45) is 0 Å². The highest BCUT2D eigenvalue weighted by Crippen LogP contribution is 2.19. The van der Waals surface area contributed by atoms with Gasteiger partial charge >= 0.3 is 11.7 Å². The fourth-order valence-corrected chi connectivity index (χ4v) is 2.14. The van der Waals surface area contributed by atoms with Crippen LogP contribution in [-0.2, 0) is 11.2 Å². The zero-order valence-electron chi connectivity index (χ0n) is 12.6. The van der Waals surface area contributed by atoms with Crippen LogP contribution < -0.4 is 5.32 Å². The van der Waals surface area contributed by atoms with E-state index in [-0.39, 0.29) is 17.5 Å². The van der Waals surface area contributed by atoms with Gasteiger partial charge in [0.1, 0.15) is 11.9 Å². The van der Waals surface area contributed by atoms with E-state index in [1.54, 1.807) is 0 Å². The molecule has 2 rings (SSSR count). The standard InChI is InChI=1S/C16H12F2N2O5/c17-11-4-2-1-3-10(11)15(21)19-13(16(22)23)7-9-5-6-12(18)14(8-9)20(24)25/h1-6,8,13H,7H2,(H,19,21)(H,22,23)/t13-/m0/s1. The number of benzene rings is 2. The highest BCUT2D eigenvalue weighted by atomic mass is 19.1. The van der Waals surface area contributed by atoms with Crippen LogP contribution in [0.25, 0.3) is 0 Å². The van der Waals surface area contributed by atoms with Gasteiger partial charge in [-0.05, 0) is 23.8 Å². The fraction of sp³-hybridized carbons (Fsp3) is 0.125. The van der Waals surface area contributed by atoms with Gasteiger partial charge in [-0.3, -0.25) is 14.9 Å². The summed E-state index contributed by atoms with van der Waals surface area (Å²) in [7, 11) is 0. The van der Waals surface area contributed by atoms with Crippen molar-refractivity contribution >= 4 is 17.6 Å². The van der Waals surface area contributed by atoms with Gasteiger partial charge in [-0.15, -0.1) is 0 Å². The third-order valence-corrected chi connectivity index (χ3v) is 3.37. The van der Waals surface area contributed by atoms with Gasteiger partial charge in [0.2, 0.25) is 5.82 Å². The molecule has 130 valence electrons. The van der Waals surface area contributed by atoms with Gasteiger partial charge < -0.3 is 10.4 Å². The monoisotopic (exact) mass is 350 g/mol. The first kappa shape index (κ1) is 18.0. The van der Waals surface area contributed by atoms with E-state index in [4.69, 9.17) is 0 Å². The molecule has 0 aliphatic rings. The molecule has 0 aliphatic heterocycles. The number of carboxylic acid groups (broad SMARTS) is 1. The molecule has 25 heavy (non-hydrogen) atoms. The number of hydrogen-bond donors (Lipinski definition) is 2. The molecule has 0 aromatic heterocycles. The van der Waals surface area contributed by atoms with Crippen molar-refractivity contribution < 1.29 is 28.4 Å². The van der Waals surface area contributed by atoms with Crippen molar-refractivity contribution in [1.29, 1.82) is 0 Å². The summed E-state index contributed by atoms with van der Waals surface area (Å²) in [6.07, 6.45) is -0.337. The molecule has 0 saturated heterocycles. The molecule has 0 spiro atoms. The van der Waals surface area contributed by atoms with E-state index in [0.717, 1.165) is 18.2 Å². The summed E-state index contributed by atoms with van der Waals surface area (Å²) in [6, 6.07) is 6.45. The number of carbonyl (C=O) groups excluding carboxylic acids is 1. The number of carboxylic acids is 1. The molecule has 0 unspecified atom stereocenters. The number of amides is 1. The molecule has 2 aromatic carbocycles. The predicted molar refractivity (Wildman–Crippen MR) is 82.0 cm³/mol. The molecule has 0 heterocycles. The van der Waals surface area contributed by atoms with Crippen molar-refractivity contribution in [1.82, 2.24) is 5.32 Å². The van der Waals surface area contributed by atoms with Crippen LogP contribution in [0.3, 0.4) is 0 Å². The maximum atomic E-state index is 13.6. The minimum Gasteiger partial charge on any atom is -0.480 e. The van der Waals surface area contributed by atoms with Crippen LogP contribution in [0.1, 0.15) is 15.9 Å². The first-order valence-electron chi connectivity index (χ1n) is 7.00. The zero-order valence-corrected chi connectivity index (χ0v) is 12.6. The first-order chi connectivity index (χ1) is 11.8. The maximum Gasteiger partial charge on any atom is 0.326 e. The van der Waals surface area contributed by atoms with Crippen molar-refractivity contribution in [3.05, 3.63) is 75.3 Å². The first-order valence-corrected chi connectivity index (χ1v) is 7.00. The average Bonchev–Trinajstić information content (AvgIpc) is 2.55. The molecule has 7 nitrogen and oxygen atoms in total. The number of carbonyl (C=O) groups is 2. The normalized spacial score (nSPS) is 11.6. The Morgan fingerprint density at radius 2 is 1.84 bits per heavy atom. The Morgan fingerprint density at radius 3 is 2.44 bits per heavy atom. The summed E-state index contributed by atoms with van der Waals surface area (Å²) in [6.45, 7) is 0. The fourth-order valence-electron chi connectivity index (χ4n) is 2.14. The number of nitro groups is 1. The molecular weight excluding hydrogens is 338 g/mol. The molecule has 0 bridgehead atoms. The number of nitrogens with one attached hydrogen (secondary N) is 1. The molecule has 2 aromatic rings. The van der Waals surface area contributed by atoms with Gasteiger partial charge in [-0.1, -0.05) is 18.2 Å². The van der Waals surface area contributed by atoms with E-state index in [1.807, 2.05) is 0 Å². The largest absolute Gasteiger partial charge is 0.480 e. The molecule has 2 N–H and O–H groups in total. The van der Waals surface area contributed by atoms with Crippen LogP contribution >= 0.6 is 0 Å². The smallest absolute Gasteiger partial charge is 0.326 e. The van der Waals surface area contributed by atoms with Gasteiger partial charge in [0, 0.05) is 12.5 Å². The van der Waals surface area contributed by atoms with Crippen molar-refractivity contribution in [3.8, 4) is 0 Å². The van der Waals surface area contributed by atoms with E-state index in [2.05, 4.69) is 5.32 Å². The molecule has 0 fully saturated rings. The Balaban J connectivity index is 2.21. The van der Waals surface area contributed by atoms with Gasteiger partial charge in [0.15, 0.2) is 0 Å². The van der Waals surface area contributed by atoms with Gasteiger partial charge in [0.05, 0.1) is 10.5 Å². The molecule has 0 radical (unpaired) electrons. The van der Waals surface area contributed by atoms with Gasteiger partial charge in [0.25, 0.3) is 5.91 Å². The highest BCUT2D eigenvalue weighted by molar-refractivity contribution is 5.96. The lowest BCUT2D eigenvalue weighted by Crippen LogP contribution is -2.42. The van der Waals surface area contributed by atoms with Crippen LogP contribution in [0.2, 0.25) is 0 Å². The predicted octanol–water partition coefficient (Wildman–Crippen LogP) is 2.30. The lowest BCUT2D eigenvalue weighted by molar-refractivity contribution is -0.387. The van der Waals surface area contributed by atoms with Crippen molar-refractivity contribution in [2.75, 3.05) is 0 Å². The van der Waals surface area contributed by atoms with E-state index >= 15 is 0 Å². The molecule has 0 aliphatic carbocycles. The van der Waals surface area contributed by atoms with E-state index in [0.29, 0.717) is 0 Å². The Bertz CT molecular complexity index is 841. The molecule has 1 atom stereocenters. The molecule has 1 amide bonds. The Kier molecular flexibility index (Phi) is 5.38. The quantitative estimate of drug-likeness (QED) is 0.614. The zero-order chi connectivity index (χ0) is 18.6. The number of hydrogen-bond acceptors (Lipinski definition) is 4. The minimum atomic E-state index is -1.47. The second-order valence-electron chi connectivity index (χ2n) is 5.09. The van der Waals surface area contributed by atoms with Crippen molar-refractivity contribution in [2.45, 2.75) is 12.5 Å². The van der Waals surface area contributed by atoms with E-state index in [1.165, 1.54) is 24.3 Å². The molecule has 9 heteroatoms. The van der Waals surface area contributed by atoms with E-state index in [9.17, 15) is 33.6 Å². The summed E-state index contributed by atoms with van der Waals surface area (Å²) >= 11 is 0. The lowest BCUT2D eigenvalue weighted by Gasteiger charge is -2.15. The maximum absolute atomic E-state index is 13.6. The summed E-state index contributed by atoms with van der Waals surface area (Å²) in [5.74, 6) is -4.24. The van der Waals surface area contributed by atoms with Crippen LogP contribution in [0, 0.1) is 21.7 Å². The minimum absolute atomic E-state index is 0.134. The number of rotatable bonds is 6. The Hall–Kier alpha value is -3.36. The third-order valence-electron chi connectivity index (χ3n) is 3.37. The summed E-state index contributed by atoms with van der Waals surface area (Å²) < 4.78 is 26.9. The van der Waals surface area contributed by atoms with Crippen LogP contribution in [0.5, 0.6) is 0 Å². The van der Waals surface area contributed by atoms with Crippen molar-refractivity contribution in [3.63, 3.8) is 0 Å². The summed E-state index contributed by atoms with van der Waals surface area (Å²) in [5.41, 5.74) is -1.00. The number of aliphatic carboxylic acids is 1. The van der Waals surface area contributed by atoms with Crippen LogP contribution in [-0.4, -0.2) is 27.9 Å². The number of nitrogens with zero attached hydrogens (tertiary/aromatic N) is 1. The average molecular weight is 350 g/mol. The van der Waals surface area contributed by atoms with Crippen LogP contribution in [0.4, 0.5) is 14.5 Å². The second-order valence-corrected chi connectivity index (χ2v) is 5.09. The SMILES string of the molecule is O=C(N[C@@H](Cc1ccc(F)c([N+](=O)[O-])c1)C(=O)O)c1ccccc1F. The molecule has 0 saturated carbocycles. The van der Waals surface area contributed by atoms with Crippen LogP contribution in [0.15, 0.2) is 42.5 Å². The lowest BCUT2D eigenvalue weighted by atomic mass is 10.0. The number of nitro benzene ring substituents is 1. The highest BCUT2D eigenvalue weighted by Gasteiger charge is 2.24. The summed E-state index contributed by atoms with van der Waals surface area (Å²) in [4.78, 5) is 33.1. The number of halogens is 2. The Labute approximate surface area is 140 Å². The van der Waals surface area contributed by atoms with E-state index < -0.39 is 40.2 Å². The topological polar surface area (TPSA) is 110 Å². The Morgan fingerprint density at radius 1 is 1.16 bits per heavy atom. The summed E-state index contributed by atoms with van der Waals surface area (Å²) in [5, 5.41) is 22.1. The van der Waals surface area contributed by atoms with Gasteiger partial charge in [-0.25, -0.2) is 9.18 Å². The second kappa shape index (κ2) is 7.47. The third kappa shape index (κ3) is 4.34. The van der Waals surface area contributed by atoms with Gasteiger partial charge in [-0.2, -0.15) is 4.39 Å².